The third-order valence-electron chi connectivity index (χ3n) is 2.38. The quantitative estimate of drug-likeness (QED) is 0.788. The largest absolute Gasteiger partial charge is 0.345 e. The van der Waals surface area contributed by atoms with Gasteiger partial charge in [-0.3, -0.25) is 14.6 Å². The van der Waals surface area contributed by atoms with Gasteiger partial charge >= 0.3 is 0 Å². The molecule has 1 heterocycles. The van der Waals surface area contributed by atoms with Crippen LogP contribution in [0.4, 0.5) is 0 Å². The maximum atomic E-state index is 11.5. The second kappa shape index (κ2) is 4.21. The van der Waals surface area contributed by atoms with E-state index in [2.05, 4.69) is 10.3 Å². The molecule has 4 nitrogen and oxygen atoms in total. The van der Waals surface area contributed by atoms with Gasteiger partial charge in [-0.2, -0.15) is 0 Å². The Morgan fingerprint density at radius 3 is 2.87 bits per heavy atom. The second-order valence-corrected chi connectivity index (χ2v) is 3.66. The first-order chi connectivity index (χ1) is 7.27. The van der Waals surface area contributed by atoms with Crippen LogP contribution in [0.15, 0.2) is 24.5 Å². The molecule has 1 aromatic rings. The monoisotopic (exact) mass is 204 g/mol. The summed E-state index contributed by atoms with van der Waals surface area (Å²) in [5.74, 6) is 0.0866. The molecule has 2 rings (SSSR count). The van der Waals surface area contributed by atoms with Crippen LogP contribution in [-0.2, 0) is 4.79 Å². The number of carbonyl (C=O) groups excluding carboxylic acids is 2. The summed E-state index contributed by atoms with van der Waals surface area (Å²) in [4.78, 5) is 26.6. The summed E-state index contributed by atoms with van der Waals surface area (Å²) in [5.41, 5.74) is 0.487. The van der Waals surface area contributed by atoms with E-state index in [0.717, 1.165) is 12.8 Å². The Morgan fingerprint density at radius 1 is 1.47 bits per heavy atom. The van der Waals surface area contributed by atoms with Gasteiger partial charge in [0.15, 0.2) is 5.78 Å². The molecule has 1 saturated carbocycles. The molecule has 1 aliphatic rings. The van der Waals surface area contributed by atoms with E-state index in [9.17, 15) is 9.59 Å². The highest BCUT2D eigenvalue weighted by atomic mass is 16.2. The van der Waals surface area contributed by atoms with E-state index in [1.54, 1.807) is 18.3 Å². The minimum atomic E-state index is -0.239. The lowest BCUT2D eigenvalue weighted by Gasteiger charge is -2.02. The summed E-state index contributed by atoms with van der Waals surface area (Å²) in [5, 5.41) is 2.59. The summed E-state index contributed by atoms with van der Waals surface area (Å²) in [6.45, 7) is 0.137. The smallest absolute Gasteiger partial charge is 0.253 e. The lowest BCUT2D eigenvalue weighted by molar-refractivity contribution is -0.119. The molecular formula is C11H12N2O2. The summed E-state index contributed by atoms with van der Waals surface area (Å²) in [6, 6.07) is 3.36. The average molecular weight is 204 g/mol. The number of amides is 1. The van der Waals surface area contributed by atoms with Crippen LogP contribution >= 0.6 is 0 Å². The average Bonchev–Trinajstić information content (AvgIpc) is 3.10. The van der Waals surface area contributed by atoms with Gasteiger partial charge in [0.1, 0.15) is 0 Å². The Labute approximate surface area is 87.7 Å². The Hall–Kier alpha value is -1.71. The zero-order valence-electron chi connectivity index (χ0n) is 8.27. The molecule has 0 spiro atoms. The number of carbonyl (C=O) groups is 2. The van der Waals surface area contributed by atoms with Crippen molar-refractivity contribution in [2.45, 2.75) is 12.8 Å². The lowest BCUT2D eigenvalue weighted by atomic mass is 10.2. The van der Waals surface area contributed by atoms with E-state index in [-0.39, 0.29) is 24.2 Å². The van der Waals surface area contributed by atoms with Gasteiger partial charge < -0.3 is 5.32 Å². The van der Waals surface area contributed by atoms with Crippen molar-refractivity contribution in [1.29, 1.82) is 0 Å². The Bertz CT molecular complexity index is 371. The van der Waals surface area contributed by atoms with Gasteiger partial charge in [-0.25, -0.2) is 0 Å². The topological polar surface area (TPSA) is 59.1 Å². The predicted octanol–water partition coefficient (Wildman–Crippen LogP) is 0.791. The van der Waals surface area contributed by atoms with E-state index in [0.29, 0.717) is 5.56 Å². The zero-order valence-corrected chi connectivity index (χ0v) is 8.27. The van der Waals surface area contributed by atoms with Crippen molar-refractivity contribution in [2.75, 3.05) is 6.54 Å². The highest BCUT2D eigenvalue weighted by Crippen LogP contribution is 2.29. The Balaban J connectivity index is 1.84. The SMILES string of the molecule is O=C(NCC(=O)C1CC1)c1cccnc1. The zero-order chi connectivity index (χ0) is 10.7. The van der Waals surface area contributed by atoms with Crippen molar-refractivity contribution < 1.29 is 9.59 Å². The fraction of sp³-hybridized carbons (Fsp3) is 0.364. The maximum absolute atomic E-state index is 11.5. The molecule has 1 fully saturated rings. The van der Waals surface area contributed by atoms with Gasteiger partial charge in [0.25, 0.3) is 5.91 Å². The molecular weight excluding hydrogens is 192 g/mol. The van der Waals surface area contributed by atoms with Crippen molar-refractivity contribution in [2.24, 2.45) is 5.92 Å². The Morgan fingerprint density at radius 2 is 2.27 bits per heavy atom. The first kappa shape index (κ1) is 9.83. The highest BCUT2D eigenvalue weighted by Gasteiger charge is 2.29. The van der Waals surface area contributed by atoms with Crippen molar-refractivity contribution in [3.63, 3.8) is 0 Å². The normalized spacial score (nSPS) is 14.7. The number of nitrogens with zero attached hydrogens (tertiary/aromatic N) is 1. The minimum Gasteiger partial charge on any atom is -0.345 e. The van der Waals surface area contributed by atoms with E-state index in [1.165, 1.54) is 6.20 Å². The fourth-order valence-electron chi connectivity index (χ4n) is 1.32. The van der Waals surface area contributed by atoms with Gasteiger partial charge in [0, 0.05) is 18.3 Å². The molecule has 4 heteroatoms. The third-order valence-corrected chi connectivity index (χ3v) is 2.38. The molecule has 1 aromatic heterocycles. The number of Topliss-reactive ketones (excluding diaryl/α,β-unsaturated/α-hetero) is 1. The summed E-state index contributed by atoms with van der Waals surface area (Å²) < 4.78 is 0. The molecule has 1 amide bonds. The summed E-state index contributed by atoms with van der Waals surface area (Å²) in [6.07, 6.45) is 5.03. The number of hydrogen-bond acceptors (Lipinski definition) is 3. The van der Waals surface area contributed by atoms with E-state index >= 15 is 0 Å². The van der Waals surface area contributed by atoms with Gasteiger partial charge in [-0.15, -0.1) is 0 Å². The van der Waals surface area contributed by atoms with E-state index in [1.807, 2.05) is 0 Å². The van der Waals surface area contributed by atoms with Gasteiger partial charge in [0.2, 0.25) is 0 Å². The molecule has 0 saturated heterocycles. The molecule has 15 heavy (non-hydrogen) atoms. The number of aromatic nitrogens is 1. The van der Waals surface area contributed by atoms with E-state index < -0.39 is 0 Å². The minimum absolute atomic E-state index is 0.132. The van der Waals surface area contributed by atoms with Crippen LogP contribution in [0.5, 0.6) is 0 Å². The molecule has 0 atom stereocenters. The number of rotatable bonds is 4. The summed E-state index contributed by atoms with van der Waals surface area (Å²) in [7, 11) is 0. The van der Waals surface area contributed by atoms with Crippen molar-refractivity contribution >= 4 is 11.7 Å². The van der Waals surface area contributed by atoms with Crippen LogP contribution < -0.4 is 5.32 Å². The van der Waals surface area contributed by atoms with Crippen molar-refractivity contribution in [3.05, 3.63) is 30.1 Å². The number of hydrogen-bond donors (Lipinski definition) is 1. The molecule has 0 unspecified atom stereocenters. The predicted molar refractivity (Wildman–Crippen MR) is 54.3 cm³/mol. The molecule has 78 valence electrons. The van der Waals surface area contributed by atoms with Crippen molar-refractivity contribution in [1.82, 2.24) is 10.3 Å². The molecule has 1 N–H and O–H groups in total. The van der Waals surface area contributed by atoms with Crippen LogP contribution in [0.3, 0.4) is 0 Å². The first-order valence-corrected chi connectivity index (χ1v) is 4.98. The molecule has 0 aromatic carbocycles. The van der Waals surface area contributed by atoms with Crippen LogP contribution in [0.25, 0.3) is 0 Å². The third kappa shape index (κ3) is 2.62. The highest BCUT2D eigenvalue weighted by molar-refractivity contribution is 5.97. The van der Waals surface area contributed by atoms with Crippen molar-refractivity contribution in [3.8, 4) is 0 Å². The van der Waals surface area contributed by atoms with Crippen LogP contribution in [-0.4, -0.2) is 23.2 Å². The number of nitrogens with one attached hydrogen (secondary N) is 1. The van der Waals surface area contributed by atoms with Gasteiger partial charge in [0.05, 0.1) is 12.1 Å². The molecule has 0 aliphatic heterocycles. The standard InChI is InChI=1S/C11H12N2O2/c14-10(8-3-4-8)7-13-11(15)9-2-1-5-12-6-9/h1-2,5-6,8H,3-4,7H2,(H,13,15). The van der Waals surface area contributed by atoms with Crippen LogP contribution in [0, 0.1) is 5.92 Å². The van der Waals surface area contributed by atoms with Crippen LogP contribution in [0.2, 0.25) is 0 Å². The van der Waals surface area contributed by atoms with Gasteiger partial charge in [-0.1, -0.05) is 0 Å². The number of pyridine rings is 1. The van der Waals surface area contributed by atoms with E-state index in [4.69, 9.17) is 0 Å². The lowest BCUT2D eigenvalue weighted by Crippen LogP contribution is -2.30. The fourth-order valence-corrected chi connectivity index (χ4v) is 1.32. The second-order valence-electron chi connectivity index (χ2n) is 3.66. The molecule has 0 bridgehead atoms. The van der Waals surface area contributed by atoms with Crippen LogP contribution in [0.1, 0.15) is 23.2 Å². The first-order valence-electron chi connectivity index (χ1n) is 4.98. The molecule has 0 radical (unpaired) electrons. The van der Waals surface area contributed by atoms with Gasteiger partial charge in [-0.05, 0) is 25.0 Å². The maximum Gasteiger partial charge on any atom is 0.253 e. The number of ketones is 1. The summed E-state index contributed by atoms with van der Waals surface area (Å²) >= 11 is 0. The molecule has 1 aliphatic carbocycles. The Kier molecular flexibility index (Phi) is 2.76.